The lowest BCUT2D eigenvalue weighted by atomic mass is 10.5. The number of aromatic nitrogens is 4. The molecule has 2 aromatic heterocycles. The van der Waals surface area contributed by atoms with Crippen LogP contribution in [0.2, 0.25) is 0 Å². The third kappa shape index (κ3) is 1.85. The highest BCUT2D eigenvalue weighted by molar-refractivity contribution is 7.07. The summed E-state index contributed by atoms with van der Waals surface area (Å²) < 4.78 is 1.80. The molecule has 0 aliphatic carbocycles. The molecule has 0 aliphatic heterocycles. The molecule has 0 unspecified atom stereocenters. The van der Waals surface area contributed by atoms with Gasteiger partial charge < -0.3 is 9.55 Å². The van der Waals surface area contributed by atoms with Gasteiger partial charge in [0.15, 0.2) is 0 Å². The topological polar surface area (TPSA) is 63.6 Å². The molecule has 0 saturated carbocycles. The minimum absolute atomic E-state index is 0.0551. The average molecular weight is 231 g/mol. The molecule has 14 heavy (non-hydrogen) atoms. The van der Waals surface area contributed by atoms with Crippen LogP contribution in [0.4, 0.5) is 0 Å². The number of nitrogens with one attached hydrogen (secondary N) is 1. The van der Waals surface area contributed by atoms with E-state index in [1.807, 2.05) is 0 Å². The molecule has 0 fully saturated rings. The van der Waals surface area contributed by atoms with Crippen molar-refractivity contribution >= 4 is 22.9 Å². The number of hydrogen-bond donors (Lipinski definition) is 1. The van der Waals surface area contributed by atoms with Gasteiger partial charge in [-0.3, -0.25) is 4.79 Å². The molecule has 2 rings (SSSR count). The summed E-state index contributed by atoms with van der Waals surface area (Å²) in [7, 11) is 0. The Morgan fingerprint density at radius 3 is 3.14 bits per heavy atom. The van der Waals surface area contributed by atoms with E-state index in [0.717, 1.165) is 17.0 Å². The van der Waals surface area contributed by atoms with Gasteiger partial charge in [-0.25, -0.2) is 0 Å². The number of hydrogen-bond acceptors (Lipinski definition) is 4. The number of rotatable bonds is 3. The Labute approximate surface area is 88.4 Å². The van der Waals surface area contributed by atoms with Crippen LogP contribution in [0, 0.1) is 0 Å². The monoisotopic (exact) mass is 230 g/mol. The van der Waals surface area contributed by atoms with Crippen molar-refractivity contribution in [3.63, 3.8) is 0 Å². The summed E-state index contributed by atoms with van der Waals surface area (Å²) in [6, 6.07) is 0. The lowest BCUT2D eigenvalue weighted by molar-refractivity contribution is 0.738. The van der Waals surface area contributed by atoms with Gasteiger partial charge in [-0.1, -0.05) is 11.3 Å². The second kappa shape index (κ2) is 3.93. The van der Waals surface area contributed by atoms with Gasteiger partial charge in [0.05, 0.1) is 12.4 Å². The summed E-state index contributed by atoms with van der Waals surface area (Å²) in [6.07, 6.45) is 1.59. The molecule has 0 atom stereocenters. The summed E-state index contributed by atoms with van der Waals surface area (Å²) in [4.78, 5) is 13.5. The average Bonchev–Trinajstić information content (AvgIpc) is 2.76. The minimum atomic E-state index is -0.0551. The number of nitrogens with zero attached hydrogens (tertiary/aromatic N) is 3. The zero-order valence-electron chi connectivity index (χ0n) is 7.11. The summed E-state index contributed by atoms with van der Waals surface area (Å²) in [5.41, 5.74) is 0.839. The van der Waals surface area contributed by atoms with E-state index in [1.54, 1.807) is 16.3 Å². The quantitative estimate of drug-likeness (QED) is 0.794. The van der Waals surface area contributed by atoms with Crippen LogP contribution in [-0.2, 0) is 12.4 Å². The van der Waals surface area contributed by atoms with Crippen molar-refractivity contribution in [3.05, 3.63) is 32.9 Å². The Balaban J connectivity index is 2.22. The molecule has 0 radical (unpaired) electrons. The van der Waals surface area contributed by atoms with Gasteiger partial charge in [0.25, 0.3) is 0 Å². The van der Waals surface area contributed by atoms with Crippen LogP contribution in [0.3, 0.4) is 0 Å². The van der Waals surface area contributed by atoms with Gasteiger partial charge in [0.2, 0.25) is 0 Å². The molecule has 0 spiro atoms. The first-order valence-corrected chi connectivity index (χ1v) is 5.30. The maximum atomic E-state index is 10.9. The molecule has 0 aliphatic rings. The molecule has 0 aromatic carbocycles. The molecule has 0 amide bonds. The first-order valence-electron chi connectivity index (χ1n) is 3.89. The Morgan fingerprint density at radius 2 is 2.50 bits per heavy atom. The fraction of sp³-hybridized carbons (Fsp3) is 0.286. The maximum Gasteiger partial charge on any atom is 0.304 e. The van der Waals surface area contributed by atoms with Crippen LogP contribution in [0.25, 0.3) is 0 Å². The highest BCUT2D eigenvalue weighted by atomic mass is 35.5. The lowest BCUT2D eigenvalue weighted by Crippen LogP contribution is -2.04. The number of thiazole rings is 1. The van der Waals surface area contributed by atoms with Gasteiger partial charge in [0.1, 0.15) is 12.2 Å². The zero-order valence-corrected chi connectivity index (χ0v) is 8.68. The van der Waals surface area contributed by atoms with E-state index >= 15 is 0 Å². The second-order valence-corrected chi connectivity index (χ2v) is 3.79. The van der Waals surface area contributed by atoms with Crippen molar-refractivity contribution in [1.82, 2.24) is 19.7 Å². The Hall–Kier alpha value is -1.14. The van der Waals surface area contributed by atoms with Crippen LogP contribution >= 0.6 is 22.9 Å². The number of H-pyrrole nitrogens is 1. The van der Waals surface area contributed by atoms with Crippen molar-refractivity contribution in [2.75, 3.05) is 0 Å². The van der Waals surface area contributed by atoms with Gasteiger partial charge >= 0.3 is 4.87 Å². The Kier molecular flexibility index (Phi) is 2.64. The highest BCUT2D eigenvalue weighted by Gasteiger charge is 2.04. The summed E-state index contributed by atoms with van der Waals surface area (Å²) >= 11 is 6.79. The van der Waals surface area contributed by atoms with Crippen molar-refractivity contribution < 1.29 is 0 Å². The van der Waals surface area contributed by atoms with Crippen LogP contribution in [0.1, 0.15) is 11.5 Å². The fourth-order valence-electron chi connectivity index (χ4n) is 1.09. The highest BCUT2D eigenvalue weighted by Crippen LogP contribution is 2.04. The SMILES string of the molecule is O=c1[nH]c(Cn2cnnc2CCl)cs1. The molecule has 0 saturated heterocycles. The van der Waals surface area contributed by atoms with Crippen molar-refractivity contribution in [3.8, 4) is 0 Å². The molecular weight excluding hydrogens is 224 g/mol. The summed E-state index contributed by atoms with van der Waals surface area (Å²) in [5, 5.41) is 9.34. The summed E-state index contributed by atoms with van der Waals surface area (Å²) in [6.45, 7) is 0.549. The second-order valence-electron chi connectivity index (χ2n) is 2.68. The zero-order chi connectivity index (χ0) is 9.97. The van der Waals surface area contributed by atoms with Crippen LogP contribution in [0.5, 0.6) is 0 Å². The fourth-order valence-corrected chi connectivity index (χ4v) is 1.87. The number of aromatic amines is 1. The van der Waals surface area contributed by atoms with Gasteiger partial charge in [-0.15, -0.1) is 21.8 Å². The van der Waals surface area contributed by atoms with E-state index in [-0.39, 0.29) is 4.87 Å². The maximum absolute atomic E-state index is 10.9. The number of halogens is 1. The minimum Gasteiger partial charge on any atom is -0.315 e. The molecule has 2 heterocycles. The first-order chi connectivity index (χ1) is 6.79. The predicted octanol–water partition coefficient (Wildman–Crippen LogP) is 0.815. The van der Waals surface area contributed by atoms with Gasteiger partial charge in [-0.2, -0.15) is 0 Å². The van der Waals surface area contributed by atoms with Crippen LogP contribution < -0.4 is 4.87 Å². The smallest absolute Gasteiger partial charge is 0.304 e. The van der Waals surface area contributed by atoms with E-state index < -0.39 is 0 Å². The van der Waals surface area contributed by atoms with Crippen molar-refractivity contribution in [2.24, 2.45) is 0 Å². The molecule has 0 bridgehead atoms. The lowest BCUT2D eigenvalue weighted by Gasteiger charge is -2.00. The first kappa shape index (κ1) is 9.42. The summed E-state index contributed by atoms with van der Waals surface area (Å²) in [5.74, 6) is 1.01. The van der Waals surface area contributed by atoms with E-state index in [9.17, 15) is 4.79 Å². The number of alkyl halides is 1. The predicted molar refractivity (Wildman–Crippen MR) is 53.6 cm³/mol. The standard InChI is InChI=1S/C7H7ClN4OS/c8-1-6-11-9-4-12(6)2-5-3-14-7(13)10-5/h3-4H,1-2H2,(H,10,13). The van der Waals surface area contributed by atoms with E-state index in [2.05, 4.69) is 15.2 Å². The van der Waals surface area contributed by atoms with Gasteiger partial charge in [0, 0.05) is 11.1 Å². The van der Waals surface area contributed by atoms with Crippen LogP contribution in [-0.4, -0.2) is 19.7 Å². The van der Waals surface area contributed by atoms with E-state index in [0.29, 0.717) is 18.2 Å². The Morgan fingerprint density at radius 1 is 1.64 bits per heavy atom. The van der Waals surface area contributed by atoms with Crippen LogP contribution in [0.15, 0.2) is 16.5 Å². The third-order valence-electron chi connectivity index (χ3n) is 1.73. The Bertz CT molecular complexity index is 474. The van der Waals surface area contributed by atoms with Gasteiger partial charge in [-0.05, 0) is 0 Å². The van der Waals surface area contributed by atoms with E-state index in [4.69, 9.17) is 11.6 Å². The molecule has 74 valence electrons. The third-order valence-corrected chi connectivity index (χ3v) is 2.68. The van der Waals surface area contributed by atoms with Crippen molar-refractivity contribution in [2.45, 2.75) is 12.4 Å². The largest absolute Gasteiger partial charge is 0.315 e. The molecule has 1 N–H and O–H groups in total. The molecule has 2 aromatic rings. The normalized spacial score (nSPS) is 10.6. The van der Waals surface area contributed by atoms with Crippen molar-refractivity contribution in [1.29, 1.82) is 0 Å². The van der Waals surface area contributed by atoms with E-state index in [1.165, 1.54) is 0 Å². The molecule has 5 nitrogen and oxygen atoms in total. The molecule has 7 heteroatoms. The molecular formula is C7H7ClN4OS.